The molecule has 0 atom stereocenters. The van der Waals surface area contributed by atoms with Crippen LogP contribution >= 0.6 is 0 Å². The molecule has 0 aromatic heterocycles. The Morgan fingerprint density at radius 2 is 1.38 bits per heavy atom. The number of methoxy groups -OCH3 is 4. The summed E-state index contributed by atoms with van der Waals surface area (Å²) in [6.45, 7) is 0. The summed E-state index contributed by atoms with van der Waals surface area (Å²) in [6.07, 6.45) is 0. The van der Waals surface area contributed by atoms with Crippen molar-refractivity contribution >= 4 is 10.8 Å². The minimum Gasteiger partial charge on any atom is -0.493 e. The summed E-state index contributed by atoms with van der Waals surface area (Å²) in [7, 11) is 6.24. The van der Waals surface area contributed by atoms with Crippen LogP contribution < -0.4 is 18.9 Å². The van der Waals surface area contributed by atoms with E-state index in [1.807, 2.05) is 36.4 Å². The van der Waals surface area contributed by atoms with Gasteiger partial charge in [0, 0.05) is 10.9 Å². The van der Waals surface area contributed by atoms with Crippen LogP contribution in [0.15, 0.2) is 42.5 Å². The lowest BCUT2D eigenvalue weighted by Gasteiger charge is -2.19. The Hall–Kier alpha value is -3.39. The van der Waals surface area contributed by atoms with Crippen LogP contribution in [-0.4, -0.2) is 28.4 Å². The molecule has 5 nitrogen and oxygen atoms in total. The lowest BCUT2D eigenvalue weighted by Crippen LogP contribution is -2.00. The van der Waals surface area contributed by atoms with E-state index in [0.29, 0.717) is 28.6 Å². The van der Waals surface area contributed by atoms with Crippen molar-refractivity contribution in [1.29, 1.82) is 5.26 Å². The van der Waals surface area contributed by atoms with Crippen LogP contribution in [0.25, 0.3) is 21.9 Å². The number of ether oxygens (including phenoxy) is 4. The first kappa shape index (κ1) is 17.4. The van der Waals surface area contributed by atoms with Crippen molar-refractivity contribution in [2.45, 2.75) is 0 Å². The predicted molar refractivity (Wildman–Crippen MR) is 100 cm³/mol. The van der Waals surface area contributed by atoms with Crippen LogP contribution in [0.1, 0.15) is 5.56 Å². The van der Waals surface area contributed by atoms with Gasteiger partial charge >= 0.3 is 0 Å². The average Bonchev–Trinajstić information content (AvgIpc) is 2.70. The van der Waals surface area contributed by atoms with Gasteiger partial charge in [-0.15, -0.1) is 0 Å². The van der Waals surface area contributed by atoms with Crippen LogP contribution in [0, 0.1) is 11.3 Å². The van der Waals surface area contributed by atoms with Gasteiger partial charge in [-0.25, -0.2) is 0 Å². The van der Waals surface area contributed by atoms with E-state index < -0.39 is 0 Å². The molecule has 0 heterocycles. The van der Waals surface area contributed by atoms with Crippen molar-refractivity contribution in [3.63, 3.8) is 0 Å². The number of rotatable bonds is 5. The van der Waals surface area contributed by atoms with E-state index in [-0.39, 0.29) is 0 Å². The largest absolute Gasteiger partial charge is 0.493 e. The first-order chi connectivity index (χ1) is 12.7. The van der Waals surface area contributed by atoms with Gasteiger partial charge < -0.3 is 18.9 Å². The van der Waals surface area contributed by atoms with Crippen molar-refractivity contribution in [1.82, 2.24) is 0 Å². The Labute approximate surface area is 152 Å². The highest BCUT2D eigenvalue weighted by Crippen LogP contribution is 2.51. The third-order valence-electron chi connectivity index (χ3n) is 4.30. The normalized spacial score (nSPS) is 10.3. The molecule has 3 aromatic carbocycles. The maximum Gasteiger partial charge on any atom is 0.207 e. The lowest BCUT2D eigenvalue weighted by atomic mass is 9.94. The van der Waals surface area contributed by atoms with Gasteiger partial charge in [0.25, 0.3) is 0 Å². The summed E-state index contributed by atoms with van der Waals surface area (Å²) in [4.78, 5) is 0. The molecule has 0 unspecified atom stereocenters. The van der Waals surface area contributed by atoms with Crippen LogP contribution in [0.4, 0.5) is 0 Å². The van der Waals surface area contributed by atoms with Crippen LogP contribution in [0.3, 0.4) is 0 Å². The zero-order valence-electron chi connectivity index (χ0n) is 15.1. The second-order valence-electron chi connectivity index (χ2n) is 5.55. The minimum atomic E-state index is 0.441. The van der Waals surface area contributed by atoms with Gasteiger partial charge in [0.2, 0.25) is 11.5 Å². The van der Waals surface area contributed by atoms with Gasteiger partial charge in [-0.3, -0.25) is 0 Å². The van der Waals surface area contributed by atoms with Crippen LogP contribution in [-0.2, 0) is 0 Å². The fourth-order valence-electron chi connectivity index (χ4n) is 3.19. The number of fused-ring (bicyclic) bond motifs is 1. The van der Waals surface area contributed by atoms with Gasteiger partial charge in [0.15, 0.2) is 11.5 Å². The third-order valence-corrected chi connectivity index (χ3v) is 4.30. The molecule has 0 saturated carbocycles. The molecule has 3 aromatic rings. The Morgan fingerprint density at radius 3 is 1.96 bits per heavy atom. The van der Waals surface area contributed by atoms with Gasteiger partial charge in [-0.1, -0.05) is 30.3 Å². The first-order valence-electron chi connectivity index (χ1n) is 7.99. The SMILES string of the molecule is COc1cc(-c2cccc3cccc(C#N)c23)c(OC)c(OC)c1OC. The molecular weight excluding hydrogens is 330 g/mol. The Balaban J connectivity index is 2.45. The van der Waals surface area contributed by atoms with E-state index >= 15 is 0 Å². The second kappa shape index (κ2) is 7.24. The predicted octanol–water partition coefficient (Wildman–Crippen LogP) is 4.41. The van der Waals surface area contributed by atoms with Gasteiger partial charge in [-0.05, 0) is 23.1 Å². The average molecular weight is 349 g/mol. The summed E-state index contributed by atoms with van der Waals surface area (Å²) in [5, 5.41) is 11.4. The molecule has 0 aliphatic rings. The highest BCUT2D eigenvalue weighted by Gasteiger charge is 2.23. The summed E-state index contributed by atoms with van der Waals surface area (Å²) in [5.74, 6) is 1.93. The standard InChI is InChI=1S/C21H19NO4/c1-23-17-11-16(19(24-2)21(26-4)20(17)25-3)15-10-6-8-13-7-5-9-14(12-22)18(13)15/h5-11H,1-4H3. The Morgan fingerprint density at radius 1 is 0.731 bits per heavy atom. The fourth-order valence-corrected chi connectivity index (χ4v) is 3.19. The van der Waals surface area contributed by atoms with Crippen molar-refractivity contribution in [2.75, 3.05) is 28.4 Å². The number of hydrogen-bond donors (Lipinski definition) is 0. The van der Waals surface area contributed by atoms with Crippen molar-refractivity contribution < 1.29 is 18.9 Å². The lowest BCUT2D eigenvalue weighted by molar-refractivity contribution is 0.306. The molecule has 0 fully saturated rings. The molecule has 26 heavy (non-hydrogen) atoms. The Bertz CT molecular complexity index is 1000. The highest BCUT2D eigenvalue weighted by molar-refractivity contribution is 6.02. The molecular formula is C21H19NO4. The third kappa shape index (κ3) is 2.66. The van der Waals surface area contributed by atoms with E-state index in [1.165, 1.54) is 0 Å². The zero-order valence-corrected chi connectivity index (χ0v) is 15.1. The number of hydrogen-bond acceptors (Lipinski definition) is 5. The summed E-state index contributed by atoms with van der Waals surface area (Å²) in [5.41, 5.74) is 2.21. The van der Waals surface area contributed by atoms with E-state index in [9.17, 15) is 5.26 Å². The van der Waals surface area contributed by atoms with Crippen LogP contribution in [0.5, 0.6) is 23.0 Å². The van der Waals surface area contributed by atoms with E-state index in [0.717, 1.165) is 21.9 Å². The molecule has 3 rings (SSSR count). The van der Waals surface area contributed by atoms with E-state index in [4.69, 9.17) is 18.9 Å². The molecule has 0 aliphatic carbocycles. The van der Waals surface area contributed by atoms with E-state index in [2.05, 4.69) is 6.07 Å². The molecule has 0 radical (unpaired) electrons. The fraction of sp³-hybridized carbons (Fsp3) is 0.190. The monoisotopic (exact) mass is 349 g/mol. The molecule has 0 saturated heterocycles. The topological polar surface area (TPSA) is 60.7 Å². The van der Waals surface area contributed by atoms with Gasteiger partial charge in [0.1, 0.15) is 0 Å². The van der Waals surface area contributed by atoms with Crippen molar-refractivity contribution in [3.8, 4) is 40.2 Å². The molecule has 0 bridgehead atoms. The Kier molecular flexibility index (Phi) is 4.85. The quantitative estimate of drug-likeness (QED) is 0.683. The number of nitrogens with zero attached hydrogens (tertiary/aromatic N) is 1. The maximum absolute atomic E-state index is 9.57. The van der Waals surface area contributed by atoms with E-state index in [1.54, 1.807) is 34.5 Å². The minimum absolute atomic E-state index is 0.441. The zero-order chi connectivity index (χ0) is 18.7. The maximum atomic E-state index is 9.57. The van der Waals surface area contributed by atoms with Crippen LogP contribution in [0.2, 0.25) is 0 Å². The molecule has 0 N–H and O–H groups in total. The molecule has 0 spiro atoms. The highest BCUT2D eigenvalue weighted by atomic mass is 16.5. The van der Waals surface area contributed by atoms with Crippen molar-refractivity contribution in [2.24, 2.45) is 0 Å². The molecule has 0 amide bonds. The molecule has 132 valence electrons. The molecule has 0 aliphatic heterocycles. The summed E-state index contributed by atoms with van der Waals surface area (Å²) < 4.78 is 22.1. The number of nitriles is 1. The first-order valence-corrected chi connectivity index (χ1v) is 7.99. The summed E-state index contributed by atoms with van der Waals surface area (Å²) >= 11 is 0. The summed E-state index contributed by atoms with van der Waals surface area (Å²) in [6, 6.07) is 15.6. The molecule has 5 heteroatoms. The smallest absolute Gasteiger partial charge is 0.207 e. The number of benzene rings is 3. The second-order valence-corrected chi connectivity index (χ2v) is 5.55. The van der Waals surface area contributed by atoms with Crippen molar-refractivity contribution in [3.05, 3.63) is 48.0 Å². The van der Waals surface area contributed by atoms with Gasteiger partial charge in [0.05, 0.1) is 40.1 Å². The van der Waals surface area contributed by atoms with Gasteiger partial charge in [-0.2, -0.15) is 5.26 Å².